The Morgan fingerprint density at radius 3 is 2.50 bits per heavy atom. The summed E-state index contributed by atoms with van der Waals surface area (Å²) in [5.41, 5.74) is 2.00. The average molecular weight is 345 g/mol. The normalized spacial score (nSPS) is 16.9. The van der Waals surface area contributed by atoms with Gasteiger partial charge in [-0.15, -0.1) is 11.3 Å². The molecule has 3 rings (SSSR count). The summed E-state index contributed by atoms with van der Waals surface area (Å²) in [5, 5.41) is 6.04. The minimum Gasteiger partial charge on any atom is -0.347 e. The van der Waals surface area contributed by atoms with E-state index in [4.69, 9.17) is 0 Å². The van der Waals surface area contributed by atoms with Gasteiger partial charge in [-0.3, -0.25) is 4.79 Å². The van der Waals surface area contributed by atoms with Crippen molar-refractivity contribution in [1.29, 1.82) is 0 Å². The highest BCUT2D eigenvalue weighted by molar-refractivity contribution is 7.09. The second kappa shape index (κ2) is 7.25. The van der Waals surface area contributed by atoms with Crippen molar-refractivity contribution in [2.24, 2.45) is 5.92 Å². The van der Waals surface area contributed by atoms with Crippen molar-refractivity contribution >= 4 is 23.2 Å². The maximum atomic E-state index is 11.6. The molecule has 0 radical (unpaired) electrons. The number of piperidine rings is 1. The van der Waals surface area contributed by atoms with E-state index < -0.39 is 0 Å². The van der Waals surface area contributed by atoms with Gasteiger partial charge in [-0.1, -0.05) is 0 Å². The van der Waals surface area contributed by atoms with Crippen LogP contribution in [0.4, 0.5) is 5.95 Å². The Morgan fingerprint density at radius 1 is 1.29 bits per heavy atom. The number of aromatic nitrogens is 3. The van der Waals surface area contributed by atoms with E-state index >= 15 is 0 Å². The number of rotatable bonds is 4. The van der Waals surface area contributed by atoms with Crippen LogP contribution in [0, 0.1) is 19.8 Å². The maximum absolute atomic E-state index is 11.6. The number of hydrogen-bond acceptors (Lipinski definition) is 6. The predicted octanol–water partition coefficient (Wildman–Crippen LogP) is 2.64. The van der Waals surface area contributed by atoms with Crippen LogP contribution >= 0.6 is 11.3 Å². The highest BCUT2D eigenvalue weighted by atomic mass is 32.1. The number of hydrogen-bond donors (Lipinski definition) is 1. The standard InChI is InChI=1S/C17H23N5OS/c1-11-10-12(2)20-17(19-11)22-7-4-14(5-8-22)15(21-13(3)23)16-18-6-9-24-16/h6,9-10,14-15H,4-5,7-8H2,1-3H3,(H,21,23)/t15-/m0/s1. The van der Waals surface area contributed by atoms with E-state index in [-0.39, 0.29) is 11.9 Å². The monoisotopic (exact) mass is 345 g/mol. The molecule has 1 aliphatic rings. The molecule has 1 fully saturated rings. The first kappa shape index (κ1) is 16.8. The Morgan fingerprint density at radius 2 is 1.96 bits per heavy atom. The molecule has 1 amide bonds. The lowest BCUT2D eigenvalue weighted by Gasteiger charge is -2.35. The van der Waals surface area contributed by atoms with E-state index in [9.17, 15) is 4.79 Å². The Labute approximate surface area is 146 Å². The number of carbonyl (C=O) groups excluding carboxylic acids is 1. The SMILES string of the molecule is CC(=O)N[C@H](c1nccs1)C1CCN(c2nc(C)cc(C)n2)CC1. The smallest absolute Gasteiger partial charge is 0.225 e. The highest BCUT2D eigenvalue weighted by Crippen LogP contribution is 2.32. The molecule has 0 aromatic carbocycles. The van der Waals surface area contributed by atoms with Crippen molar-refractivity contribution in [1.82, 2.24) is 20.3 Å². The lowest BCUT2D eigenvalue weighted by atomic mass is 9.89. The first-order chi connectivity index (χ1) is 11.5. The summed E-state index contributed by atoms with van der Waals surface area (Å²) in [4.78, 5) is 27.4. The van der Waals surface area contributed by atoms with Gasteiger partial charge >= 0.3 is 0 Å². The van der Waals surface area contributed by atoms with E-state index in [1.54, 1.807) is 24.5 Å². The van der Waals surface area contributed by atoms with Crippen LogP contribution in [0.25, 0.3) is 0 Å². The lowest BCUT2D eigenvalue weighted by molar-refractivity contribution is -0.120. The average Bonchev–Trinajstić information content (AvgIpc) is 3.06. The van der Waals surface area contributed by atoms with Crippen LogP contribution in [-0.2, 0) is 4.79 Å². The molecule has 1 atom stereocenters. The number of amides is 1. The quantitative estimate of drug-likeness (QED) is 0.922. The minimum absolute atomic E-state index is 0.00438. The van der Waals surface area contributed by atoms with Gasteiger partial charge < -0.3 is 10.2 Å². The topological polar surface area (TPSA) is 71.0 Å². The second-order valence-electron chi connectivity index (χ2n) is 6.32. The Kier molecular flexibility index (Phi) is 5.08. The fourth-order valence-electron chi connectivity index (χ4n) is 3.27. The molecule has 7 heteroatoms. The predicted molar refractivity (Wildman–Crippen MR) is 95.1 cm³/mol. The Hall–Kier alpha value is -2.02. The summed E-state index contributed by atoms with van der Waals surface area (Å²) >= 11 is 1.60. The van der Waals surface area contributed by atoms with Gasteiger partial charge in [-0.05, 0) is 38.7 Å². The summed E-state index contributed by atoms with van der Waals surface area (Å²) in [6.07, 6.45) is 3.77. The van der Waals surface area contributed by atoms with E-state index in [1.807, 2.05) is 25.3 Å². The molecule has 2 aromatic rings. The van der Waals surface area contributed by atoms with Gasteiger partial charge in [-0.2, -0.15) is 0 Å². The number of nitrogens with zero attached hydrogens (tertiary/aromatic N) is 4. The minimum atomic E-state index is -0.00438. The van der Waals surface area contributed by atoms with Crippen LogP contribution in [-0.4, -0.2) is 33.9 Å². The molecule has 2 aromatic heterocycles. The number of thiazole rings is 1. The van der Waals surface area contributed by atoms with Crippen LogP contribution in [0.1, 0.15) is 42.2 Å². The molecular formula is C17H23N5OS. The maximum Gasteiger partial charge on any atom is 0.225 e. The molecular weight excluding hydrogens is 322 g/mol. The van der Waals surface area contributed by atoms with Gasteiger partial charge in [0.15, 0.2) is 0 Å². The summed E-state index contributed by atoms with van der Waals surface area (Å²) in [5.74, 6) is 1.20. The van der Waals surface area contributed by atoms with Crippen LogP contribution in [0.15, 0.2) is 17.6 Å². The van der Waals surface area contributed by atoms with Gasteiger partial charge in [0.2, 0.25) is 11.9 Å². The third kappa shape index (κ3) is 3.90. The van der Waals surface area contributed by atoms with E-state index in [2.05, 4.69) is 25.2 Å². The summed E-state index contributed by atoms with van der Waals surface area (Å²) in [6, 6.07) is 2.00. The molecule has 3 heterocycles. The molecule has 0 unspecified atom stereocenters. The van der Waals surface area contributed by atoms with Crippen molar-refractivity contribution < 1.29 is 4.79 Å². The summed E-state index contributed by atoms with van der Waals surface area (Å²) in [7, 11) is 0. The molecule has 0 bridgehead atoms. The van der Waals surface area contributed by atoms with Gasteiger partial charge in [-0.25, -0.2) is 15.0 Å². The van der Waals surface area contributed by atoms with E-state index in [0.29, 0.717) is 5.92 Å². The van der Waals surface area contributed by atoms with Crippen LogP contribution < -0.4 is 10.2 Å². The molecule has 128 valence electrons. The van der Waals surface area contributed by atoms with Crippen LogP contribution in [0.3, 0.4) is 0 Å². The largest absolute Gasteiger partial charge is 0.347 e. The first-order valence-electron chi connectivity index (χ1n) is 8.26. The molecule has 0 aliphatic carbocycles. The first-order valence-corrected chi connectivity index (χ1v) is 9.14. The van der Waals surface area contributed by atoms with Gasteiger partial charge in [0.1, 0.15) is 5.01 Å². The number of aryl methyl sites for hydroxylation is 2. The fraction of sp³-hybridized carbons (Fsp3) is 0.529. The van der Waals surface area contributed by atoms with E-state index in [0.717, 1.165) is 48.3 Å². The van der Waals surface area contributed by atoms with Crippen LogP contribution in [0.5, 0.6) is 0 Å². The molecule has 0 saturated carbocycles. The van der Waals surface area contributed by atoms with E-state index in [1.165, 1.54) is 0 Å². The molecule has 1 saturated heterocycles. The van der Waals surface area contributed by atoms with Crippen molar-refractivity contribution in [2.75, 3.05) is 18.0 Å². The van der Waals surface area contributed by atoms with Crippen molar-refractivity contribution in [2.45, 2.75) is 39.7 Å². The zero-order valence-electron chi connectivity index (χ0n) is 14.3. The third-order valence-electron chi connectivity index (χ3n) is 4.34. The zero-order valence-corrected chi connectivity index (χ0v) is 15.1. The summed E-state index contributed by atoms with van der Waals surface area (Å²) in [6.45, 7) is 7.36. The Balaban J connectivity index is 1.69. The zero-order chi connectivity index (χ0) is 17.1. The molecule has 24 heavy (non-hydrogen) atoms. The number of anilines is 1. The van der Waals surface area contributed by atoms with Crippen molar-refractivity contribution in [3.63, 3.8) is 0 Å². The molecule has 1 N–H and O–H groups in total. The number of nitrogens with one attached hydrogen (secondary N) is 1. The highest BCUT2D eigenvalue weighted by Gasteiger charge is 2.30. The Bertz CT molecular complexity index is 675. The number of carbonyl (C=O) groups is 1. The molecule has 1 aliphatic heterocycles. The summed E-state index contributed by atoms with van der Waals surface area (Å²) < 4.78 is 0. The van der Waals surface area contributed by atoms with Crippen LogP contribution in [0.2, 0.25) is 0 Å². The fourth-order valence-corrected chi connectivity index (χ4v) is 4.05. The molecule has 6 nitrogen and oxygen atoms in total. The van der Waals surface area contributed by atoms with Gasteiger partial charge in [0.05, 0.1) is 6.04 Å². The van der Waals surface area contributed by atoms with Crippen molar-refractivity contribution in [3.05, 3.63) is 34.0 Å². The van der Waals surface area contributed by atoms with Gasteiger partial charge in [0, 0.05) is 43.0 Å². The lowest BCUT2D eigenvalue weighted by Crippen LogP contribution is -2.41. The van der Waals surface area contributed by atoms with Crippen molar-refractivity contribution in [3.8, 4) is 0 Å². The van der Waals surface area contributed by atoms with Gasteiger partial charge in [0.25, 0.3) is 0 Å². The second-order valence-corrected chi connectivity index (χ2v) is 7.25. The third-order valence-corrected chi connectivity index (χ3v) is 5.20. The molecule has 0 spiro atoms.